The number of carbonyl (C=O) groups is 1. The summed E-state index contributed by atoms with van der Waals surface area (Å²) in [5.41, 5.74) is 0. The molecule has 0 radical (unpaired) electrons. The van der Waals surface area contributed by atoms with Gasteiger partial charge in [0.05, 0.1) is 6.61 Å². The van der Waals surface area contributed by atoms with E-state index in [1.54, 1.807) is 11.3 Å². The summed E-state index contributed by atoms with van der Waals surface area (Å²) >= 11 is 1.70. The quantitative estimate of drug-likeness (QED) is 0.761. The van der Waals surface area contributed by atoms with E-state index in [0.717, 1.165) is 12.8 Å². The fourth-order valence-corrected chi connectivity index (χ4v) is 2.47. The van der Waals surface area contributed by atoms with Crippen LogP contribution in [0, 0.1) is 0 Å². The Bertz CT molecular complexity index is 324. The van der Waals surface area contributed by atoms with Gasteiger partial charge in [0.1, 0.15) is 6.04 Å². The van der Waals surface area contributed by atoms with E-state index < -0.39 is 0 Å². The molecule has 1 N–H and O–H groups in total. The highest BCUT2D eigenvalue weighted by Gasteiger charge is 2.21. The maximum Gasteiger partial charge on any atom is 0.323 e. The number of hydrogen-bond acceptors (Lipinski definition) is 4. The molecule has 0 aliphatic heterocycles. The Balaban J connectivity index is 2.56. The molecule has 1 rings (SSSR count). The summed E-state index contributed by atoms with van der Waals surface area (Å²) in [7, 11) is 0. The smallest absolute Gasteiger partial charge is 0.323 e. The van der Waals surface area contributed by atoms with Crippen LogP contribution in [-0.2, 0) is 9.53 Å². The Labute approximate surface area is 107 Å². The van der Waals surface area contributed by atoms with E-state index in [0.29, 0.717) is 6.61 Å². The van der Waals surface area contributed by atoms with Crippen LogP contribution in [0.5, 0.6) is 0 Å². The molecular formula is C13H21NO2S. The Morgan fingerprint density at radius 3 is 2.82 bits per heavy atom. The largest absolute Gasteiger partial charge is 0.465 e. The van der Waals surface area contributed by atoms with E-state index in [1.165, 1.54) is 4.88 Å². The first kappa shape index (κ1) is 14.2. The van der Waals surface area contributed by atoms with E-state index >= 15 is 0 Å². The molecule has 4 heteroatoms. The minimum Gasteiger partial charge on any atom is -0.465 e. The number of hydrogen-bond donors (Lipinski definition) is 1. The molecule has 1 aromatic heterocycles. The second-order valence-corrected chi connectivity index (χ2v) is 4.98. The molecule has 0 saturated heterocycles. The van der Waals surface area contributed by atoms with Gasteiger partial charge in [0.15, 0.2) is 0 Å². The highest BCUT2D eigenvalue weighted by molar-refractivity contribution is 7.10. The zero-order valence-electron chi connectivity index (χ0n) is 10.7. The maximum atomic E-state index is 11.8. The van der Waals surface area contributed by atoms with Crippen molar-refractivity contribution >= 4 is 17.3 Å². The molecule has 1 unspecified atom stereocenters. The molecule has 0 saturated carbocycles. The average Bonchev–Trinajstić information content (AvgIpc) is 2.82. The lowest BCUT2D eigenvalue weighted by atomic mass is 10.1. The molecule has 1 aromatic rings. The summed E-state index contributed by atoms with van der Waals surface area (Å²) in [5, 5.41) is 5.39. The van der Waals surface area contributed by atoms with Gasteiger partial charge in [-0.1, -0.05) is 19.4 Å². The Kier molecular flexibility index (Phi) is 6.22. The van der Waals surface area contributed by atoms with E-state index in [1.807, 2.05) is 18.4 Å². The van der Waals surface area contributed by atoms with Crippen molar-refractivity contribution in [2.75, 3.05) is 6.61 Å². The van der Waals surface area contributed by atoms with Crippen molar-refractivity contribution < 1.29 is 9.53 Å². The lowest BCUT2D eigenvalue weighted by Crippen LogP contribution is -2.39. The molecule has 0 aromatic carbocycles. The third kappa shape index (κ3) is 4.48. The van der Waals surface area contributed by atoms with Gasteiger partial charge in [-0.25, -0.2) is 0 Å². The minimum atomic E-state index is -0.197. The van der Waals surface area contributed by atoms with Gasteiger partial charge >= 0.3 is 5.97 Å². The van der Waals surface area contributed by atoms with Crippen LogP contribution in [0.1, 0.15) is 44.5 Å². The standard InChI is InChI=1S/C13H21NO2S/c1-4-7-11(13(15)16-5-2)14-10(3)12-8-6-9-17-12/h6,8-11,14H,4-5,7H2,1-3H3/t10-,11?/m0/s1. The molecule has 0 aliphatic rings. The first-order valence-corrected chi connectivity index (χ1v) is 7.03. The van der Waals surface area contributed by atoms with Crippen LogP contribution in [0.25, 0.3) is 0 Å². The summed E-state index contributed by atoms with van der Waals surface area (Å²) in [6.45, 7) is 6.43. The van der Waals surface area contributed by atoms with E-state index in [4.69, 9.17) is 4.74 Å². The van der Waals surface area contributed by atoms with Gasteiger partial charge in [-0.15, -0.1) is 11.3 Å². The fraction of sp³-hybridized carbons (Fsp3) is 0.615. The predicted molar refractivity (Wildman–Crippen MR) is 71.2 cm³/mol. The fourth-order valence-electron chi connectivity index (χ4n) is 1.72. The summed E-state index contributed by atoms with van der Waals surface area (Å²) in [6, 6.07) is 4.10. The van der Waals surface area contributed by atoms with E-state index in [-0.39, 0.29) is 18.1 Å². The zero-order chi connectivity index (χ0) is 12.7. The SMILES string of the molecule is CCCC(N[C@@H](C)c1cccs1)C(=O)OCC. The number of thiophene rings is 1. The second-order valence-electron chi connectivity index (χ2n) is 4.00. The van der Waals surface area contributed by atoms with Crippen LogP contribution >= 0.6 is 11.3 Å². The van der Waals surface area contributed by atoms with Gasteiger partial charge < -0.3 is 4.74 Å². The van der Waals surface area contributed by atoms with Crippen LogP contribution in [0.4, 0.5) is 0 Å². The topological polar surface area (TPSA) is 38.3 Å². The van der Waals surface area contributed by atoms with E-state index in [9.17, 15) is 4.79 Å². The molecule has 3 nitrogen and oxygen atoms in total. The van der Waals surface area contributed by atoms with Gasteiger partial charge in [-0.2, -0.15) is 0 Å². The molecule has 0 spiro atoms. The molecule has 0 amide bonds. The maximum absolute atomic E-state index is 11.8. The molecule has 1 heterocycles. The van der Waals surface area contributed by atoms with Crippen LogP contribution in [0.3, 0.4) is 0 Å². The van der Waals surface area contributed by atoms with Crippen LogP contribution in [-0.4, -0.2) is 18.6 Å². The predicted octanol–water partition coefficient (Wildman–Crippen LogP) is 3.13. The van der Waals surface area contributed by atoms with Crippen LogP contribution < -0.4 is 5.32 Å². The highest BCUT2D eigenvalue weighted by Crippen LogP contribution is 2.19. The van der Waals surface area contributed by atoms with Crippen molar-refractivity contribution in [3.8, 4) is 0 Å². The molecule has 0 fully saturated rings. The number of nitrogens with one attached hydrogen (secondary N) is 1. The first-order chi connectivity index (χ1) is 8.19. The zero-order valence-corrected chi connectivity index (χ0v) is 11.5. The van der Waals surface area contributed by atoms with Crippen molar-refractivity contribution in [1.29, 1.82) is 0 Å². The monoisotopic (exact) mass is 255 g/mol. The minimum absolute atomic E-state index is 0.141. The van der Waals surface area contributed by atoms with Crippen molar-refractivity contribution in [3.63, 3.8) is 0 Å². The van der Waals surface area contributed by atoms with Crippen molar-refractivity contribution in [2.24, 2.45) is 0 Å². The van der Waals surface area contributed by atoms with Gasteiger partial charge in [0.2, 0.25) is 0 Å². The van der Waals surface area contributed by atoms with Crippen LogP contribution in [0.15, 0.2) is 17.5 Å². The molecule has 0 bridgehead atoms. The number of rotatable bonds is 7. The molecule has 96 valence electrons. The normalized spacial score (nSPS) is 14.3. The summed E-state index contributed by atoms with van der Waals surface area (Å²) in [6.07, 6.45) is 1.78. The molecule has 2 atom stereocenters. The Hall–Kier alpha value is -0.870. The van der Waals surface area contributed by atoms with Crippen molar-refractivity contribution in [2.45, 2.75) is 45.7 Å². The molecular weight excluding hydrogens is 234 g/mol. The van der Waals surface area contributed by atoms with E-state index in [2.05, 4.69) is 25.2 Å². The highest BCUT2D eigenvalue weighted by atomic mass is 32.1. The van der Waals surface area contributed by atoms with Gasteiger partial charge in [0, 0.05) is 10.9 Å². The lowest BCUT2D eigenvalue weighted by molar-refractivity contribution is -0.146. The lowest BCUT2D eigenvalue weighted by Gasteiger charge is -2.20. The third-order valence-corrected chi connectivity index (χ3v) is 3.62. The second kappa shape index (κ2) is 7.45. The third-order valence-electron chi connectivity index (χ3n) is 2.57. The first-order valence-electron chi connectivity index (χ1n) is 6.15. The van der Waals surface area contributed by atoms with Gasteiger partial charge in [-0.05, 0) is 31.7 Å². The Morgan fingerprint density at radius 1 is 1.53 bits per heavy atom. The average molecular weight is 255 g/mol. The van der Waals surface area contributed by atoms with Crippen molar-refractivity contribution in [3.05, 3.63) is 22.4 Å². The molecule has 0 aliphatic carbocycles. The summed E-state index contributed by atoms with van der Waals surface area (Å²) in [4.78, 5) is 13.0. The Morgan fingerprint density at radius 2 is 2.29 bits per heavy atom. The number of carbonyl (C=O) groups excluding carboxylic acids is 1. The number of esters is 1. The van der Waals surface area contributed by atoms with Crippen molar-refractivity contribution in [1.82, 2.24) is 5.32 Å². The van der Waals surface area contributed by atoms with Crippen LogP contribution in [0.2, 0.25) is 0 Å². The number of ether oxygens (including phenoxy) is 1. The molecule has 17 heavy (non-hydrogen) atoms. The summed E-state index contributed by atoms with van der Waals surface area (Å²) in [5.74, 6) is -0.141. The van der Waals surface area contributed by atoms with Gasteiger partial charge in [-0.3, -0.25) is 10.1 Å². The van der Waals surface area contributed by atoms with Gasteiger partial charge in [0.25, 0.3) is 0 Å². The summed E-state index contributed by atoms with van der Waals surface area (Å²) < 4.78 is 5.08.